The molecule has 152 valence electrons. The van der Waals surface area contributed by atoms with Crippen molar-refractivity contribution in [2.75, 3.05) is 26.4 Å². The second kappa shape index (κ2) is 33.3. The van der Waals surface area contributed by atoms with Crippen molar-refractivity contribution in [3.63, 3.8) is 0 Å². The van der Waals surface area contributed by atoms with Gasteiger partial charge in [0, 0.05) is 27.7 Å². The van der Waals surface area contributed by atoms with E-state index in [0.29, 0.717) is 26.4 Å². The molecule has 0 unspecified atom stereocenters. The fraction of sp³-hybridized carbons (Fsp3) is 0.667. The molecule has 8 N–H and O–H groups in total. The van der Waals surface area contributed by atoms with Crippen molar-refractivity contribution >= 4 is 23.9 Å². The summed E-state index contributed by atoms with van der Waals surface area (Å²) in [5, 5.41) is 29.7. The van der Waals surface area contributed by atoms with Crippen LogP contribution in [0.25, 0.3) is 0 Å². The molecule has 0 saturated carbocycles. The molecule has 0 atom stereocenters. The molecule has 0 amide bonds. The summed E-state index contributed by atoms with van der Waals surface area (Å²) in [6.45, 7) is 6.06. The molecule has 0 aliphatic rings. The zero-order valence-corrected chi connectivity index (χ0v) is 14.6. The molecule has 0 aromatic heterocycles. The summed E-state index contributed by atoms with van der Waals surface area (Å²) in [4.78, 5) is 44.4. The van der Waals surface area contributed by atoms with Gasteiger partial charge in [-0.3, -0.25) is 19.2 Å². The standard InChI is InChI=1S/C4H12N2O3.4C2H4O2/c5-8-3-1-7-2-4-9-6;4*1-2(3)4/h1-6H2;4*1H3,(H,3,4). The lowest BCUT2D eigenvalue weighted by molar-refractivity contribution is -0.135. The first-order chi connectivity index (χ1) is 11.3. The van der Waals surface area contributed by atoms with Crippen LogP contribution >= 0.6 is 0 Å². The average molecular weight is 376 g/mol. The predicted molar refractivity (Wildman–Crippen MR) is 84.3 cm³/mol. The van der Waals surface area contributed by atoms with Gasteiger partial charge in [-0.2, -0.15) is 0 Å². The Morgan fingerprint density at radius 3 is 0.880 bits per heavy atom. The van der Waals surface area contributed by atoms with E-state index in [1.54, 1.807) is 0 Å². The van der Waals surface area contributed by atoms with Gasteiger partial charge in [-0.25, -0.2) is 11.8 Å². The number of carbonyl (C=O) groups is 4. The summed E-state index contributed by atoms with van der Waals surface area (Å²) < 4.78 is 4.90. The van der Waals surface area contributed by atoms with Gasteiger partial charge in [-0.05, 0) is 0 Å². The summed E-state index contributed by atoms with van der Waals surface area (Å²) in [5.74, 6) is 6.08. The number of hydrogen-bond acceptors (Lipinski definition) is 9. The quantitative estimate of drug-likeness (QED) is 0.245. The van der Waals surface area contributed by atoms with Gasteiger partial charge in [-0.15, -0.1) is 0 Å². The Morgan fingerprint density at radius 1 is 0.600 bits per heavy atom. The maximum Gasteiger partial charge on any atom is 0.300 e. The molecule has 0 spiro atoms. The Balaban J connectivity index is -0.0000000714. The maximum atomic E-state index is 9.00. The number of ether oxygens (including phenoxy) is 1. The van der Waals surface area contributed by atoms with Gasteiger partial charge in [-0.1, -0.05) is 0 Å². The van der Waals surface area contributed by atoms with E-state index in [2.05, 4.69) is 9.68 Å². The molecular weight excluding hydrogens is 348 g/mol. The van der Waals surface area contributed by atoms with Crippen molar-refractivity contribution in [3.05, 3.63) is 0 Å². The lowest BCUT2D eigenvalue weighted by atomic mass is 10.7. The van der Waals surface area contributed by atoms with E-state index in [1.165, 1.54) is 0 Å². The van der Waals surface area contributed by atoms with Crippen molar-refractivity contribution in [2.45, 2.75) is 27.7 Å². The fourth-order valence-corrected chi connectivity index (χ4v) is 0.316. The molecule has 0 bridgehead atoms. The monoisotopic (exact) mass is 376 g/mol. The zero-order chi connectivity index (χ0) is 21.3. The summed E-state index contributed by atoms with van der Waals surface area (Å²) in [6, 6.07) is 0. The molecule has 0 aromatic rings. The molecule has 0 aromatic carbocycles. The van der Waals surface area contributed by atoms with E-state index >= 15 is 0 Å². The van der Waals surface area contributed by atoms with E-state index in [1.807, 2.05) is 0 Å². The van der Waals surface area contributed by atoms with Crippen LogP contribution in [-0.4, -0.2) is 70.7 Å². The highest BCUT2D eigenvalue weighted by atomic mass is 16.6. The van der Waals surface area contributed by atoms with Gasteiger partial charge in [0.15, 0.2) is 0 Å². The first kappa shape index (κ1) is 34.1. The second-order valence-corrected chi connectivity index (χ2v) is 3.43. The fourth-order valence-electron chi connectivity index (χ4n) is 0.316. The van der Waals surface area contributed by atoms with Gasteiger partial charge >= 0.3 is 0 Å². The minimum Gasteiger partial charge on any atom is -0.481 e. The minimum atomic E-state index is -0.833. The largest absolute Gasteiger partial charge is 0.481 e. The highest BCUT2D eigenvalue weighted by Gasteiger charge is 1.85. The molecule has 0 heterocycles. The van der Waals surface area contributed by atoms with Crippen LogP contribution < -0.4 is 11.8 Å². The molecule has 13 nitrogen and oxygen atoms in total. The minimum absolute atomic E-state index is 0.393. The Bertz CT molecular complexity index is 254. The smallest absolute Gasteiger partial charge is 0.300 e. The molecule has 25 heavy (non-hydrogen) atoms. The molecular formula is C12H28N2O11. The number of aliphatic carboxylic acids is 4. The van der Waals surface area contributed by atoms with E-state index in [0.717, 1.165) is 27.7 Å². The number of rotatable bonds is 6. The summed E-state index contributed by atoms with van der Waals surface area (Å²) in [5.41, 5.74) is 0. The Labute approximate surface area is 145 Å². The SMILES string of the molecule is CC(=O)O.CC(=O)O.CC(=O)O.CC(=O)O.NOCCOCCON. The highest BCUT2D eigenvalue weighted by molar-refractivity contribution is 5.63. The van der Waals surface area contributed by atoms with Gasteiger partial charge in [0.1, 0.15) is 0 Å². The molecule has 0 radical (unpaired) electrons. The number of carboxylic acids is 4. The number of nitrogens with two attached hydrogens (primary N) is 2. The topological polar surface area (TPSA) is 229 Å². The second-order valence-electron chi connectivity index (χ2n) is 3.43. The predicted octanol–water partition coefficient (Wildman–Crippen LogP) is -0.853. The van der Waals surface area contributed by atoms with Crippen LogP contribution in [0.15, 0.2) is 0 Å². The third-order valence-corrected chi connectivity index (χ3v) is 0.691. The zero-order valence-electron chi connectivity index (χ0n) is 14.6. The Kier molecular flexibility index (Phi) is 45.5. The Morgan fingerprint density at radius 2 is 0.760 bits per heavy atom. The first-order valence-corrected chi connectivity index (χ1v) is 6.34. The highest BCUT2D eigenvalue weighted by Crippen LogP contribution is 1.73. The lowest BCUT2D eigenvalue weighted by Gasteiger charge is -1.99. The molecule has 0 aliphatic carbocycles. The summed E-state index contributed by atoms with van der Waals surface area (Å²) in [6.07, 6.45) is 0. The van der Waals surface area contributed by atoms with Crippen molar-refractivity contribution in [1.29, 1.82) is 0 Å². The molecule has 0 aliphatic heterocycles. The van der Waals surface area contributed by atoms with Gasteiger partial charge in [0.25, 0.3) is 23.9 Å². The van der Waals surface area contributed by atoms with Crippen molar-refractivity contribution in [2.24, 2.45) is 11.8 Å². The van der Waals surface area contributed by atoms with Crippen LogP contribution in [0.1, 0.15) is 27.7 Å². The summed E-state index contributed by atoms with van der Waals surface area (Å²) in [7, 11) is 0. The van der Waals surface area contributed by atoms with Crippen LogP contribution in [0.4, 0.5) is 0 Å². The maximum absolute atomic E-state index is 9.00. The summed E-state index contributed by atoms with van der Waals surface area (Å²) >= 11 is 0. The van der Waals surface area contributed by atoms with Crippen LogP contribution in [0.2, 0.25) is 0 Å². The molecule has 0 rings (SSSR count). The van der Waals surface area contributed by atoms with Gasteiger partial charge < -0.3 is 34.8 Å². The van der Waals surface area contributed by atoms with Crippen molar-refractivity contribution in [3.8, 4) is 0 Å². The van der Waals surface area contributed by atoms with Crippen LogP contribution in [0, 0.1) is 0 Å². The number of hydrogen-bond donors (Lipinski definition) is 6. The van der Waals surface area contributed by atoms with Gasteiger partial charge in [0.05, 0.1) is 26.4 Å². The molecule has 0 saturated heterocycles. The third kappa shape index (κ3) is 620. The van der Waals surface area contributed by atoms with E-state index < -0.39 is 23.9 Å². The average Bonchev–Trinajstić information content (AvgIpc) is 2.36. The van der Waals surface area contributed by atoms with Crippen molar-refractivity contribution in [1.82, 2.24) is 0 Å². The molecule has 13 heteroatoms. The lowest BCUT2D eigenvalue weighted by Crippen LogP contribution is -2.12. The normalized spacial score (nSPS) is 7.60. The number of carboxylic acid groups (broad SMARTS) is 4. The first-order valence-electron chi connectivity index (χ1n) is 6.34. The van der Waals surface area contributed by atoms with Crippen molar-refractivity contribution < 1.29 is 54.0 Å². The van der Waals surface area contributed by atoms with E-state index in [4.69, 9.17) is 56.1 Å². The van der Waals surface area contributed by atoms with Gasteiger partial charge in [0.2, 0.25) is 0 Å². The van der Waals surface area contributed by atoms with E-state index in [9.17, 15) is 0 Å². The van der Waals surface area contributed by atoms with Crippen LogP contribution in [-0.2, 0) is 33.6 Å². The van der Waals surface area contributed by atoms with E-state index in [-0.39, 0.29) is 0 Å². The molecule has 0 fully saturated rings. The van der Waals surface area contributed by atoms with Crippen LogP contribution in [0.3, 0.4) is 0 Å². The van der Waals surface area contributed by atoms with Crippen LogP contribution in [0.5, 0.6) is 0 Å². The Hall–Kier alpha value is -2.32. The third-order valence-electron chi connectivity index (χ3n) is 0.691.